The highest BCUT2D eigenvalue weighted by atomic mass is 35.5. The van der Waals surface area contributed by atoms with Crippen molar-refractivity contribution in [3.05, 3.63) is 64.4 Å². The summed E-state index contributed by atoms with van der Waals surface area (Å²) in [6.45, 7) is 0.248. The van der Waals surface area contributed by atoms with E-state index in [4.69, 9.17) is 16.7 Å². The molecule has 6 heteroatoms. The second-order valence-electron chi connectivity index (χ2n) is 3.99. The second kappa shape index (κ2) is 6.16. The number of aromatic nitrogens is 1. The van der Waals surface area contributed by atoms with E-state index in [1.165, 1.54) is 18.2 Å². The van der Waals surface area contributed by atoms with Gasteiger partial charge in [0.15, 0.2) is 0 Å². The standard InChI is InChI=1S/C14H11ClN2O3/c15-10-5-2-1-4-9(10)8-16-13(18)11-6-3-7-12(17-11)14(19)20/h1-7H,8H2,(H,16,18)(H,19,20). The van der Waals surface area contributed by atoms with Crippen molar-refractivity contribution in [1.82, 2.24) is 10.3 Å². The lowest BCUT2D eigenvalue weighted by Gasteiger charge is -2.06. The summed E-state index contributed by atoms with van der Waals surface area (Å²) >= 11 is 5.98. The van der Waals surface area contributed by atoms with Crippen LogP contribution in [0.1, 0.15) is 26.5 Å². The topological polar surface area (TPSA) is 79.3 Å². The van der Waals surface area contributed by atoms with Crippen LogP contribution in [0.4, 0.5) is 0 Å². The first-order valence-electron chi connectivity index (χ1n) is 5.80. The number of rotatable bonds is 4. The maximum absolute atomic E-state index is 11.9. The molecule has 2 aromatic rings. The van der Waals surface area contributed by atoms with Crippen LogP contribution in [-0.4, -0.2) is 22.0 Å². The van der Waals surface area contributed by atoms with Gasteiger partial charge >= 0.3 is 5.97 Å². The van der Waals surface area contributed by atoms with Crippen LogP contribution in [0.3, 0.4) is 0 Å². The first-order chi connectivity index (χ1) is 9.58. The van der Waals surface area contributed by atoms with Crippen LogP contribution in [0.5, 0.6) is 0 Å². The molecule has 1 aromatic carbocycles. The second-order valence-corrected chi connectivity index (χ2v) is 4.39. The minimum atomic E-state index is -1.18. The van der Waals surface area contributed by atoms with Crippen LogP contribution in [-0.2, 0) is 6.54 Å². The molecule has 0 saturated heterocycles. The van der Waals surface area contributed by atoms with Gasteiger partial charge in [-0.25, -0.2) is 9.78 Å². The van der Waals surface area contributed by atoms with E-state index >= 15 is 0 Å². The number of pyridine rings is 1. The smallest absolute Gasteiger partial charge is 0.354 e. The third-order valence-electron chi connectivity index (χ3n) is 2.60. The minimum Gasteiger partial charge on any atom is -0.477 e. The molecule has 0 atom stereocenters. The molecular formula is C14H11ClN2O3. The number of halogens is 1. The molecule has 2 N–H and O–H groups in total. The zero-order valence-corrected chi connectivity index (χ0v) is 11.1. The van der Waals surface area contributed by atoms with Gasteiger partial charge in [-0.1, -0.05) is 35.9 Å². The van der Waals surface area contributed by atoms with Crippen LogP contribution in [0.2, 0.25) is 5.02 Å². The van der Waals surface area contributed by atoms with Crippen LogP contribution in [0.25, 0.3) is 0 Å². The van der Waals surface area contributed by atoms with Crippen molar-refractivity contribution in [3.63, 3.8) is 0 Å². The van der Waals surface area contributed by atoms with Crippen molar-refractivity contribution >= 4 is 23.5 Å². The van der Waals surface area contributed by atoms with Gasteiger partial charge in [0.25, 0.3) is 5.91 Å². The summed E-state index contributed by atoms with van der Waals surface area (Å²) in [6, 6.07) is 11.4. The summed E-state index contributed by atoms with van der Waals surface area (Å²) in [7, 11) is 0. The third kappa shape index (κ3) is 3.33. The normalized spacial score (nSPS) is 10.1. The molecular weight excluding hydrogens is 280 g/mol. The molecule has 0 saturated carbocycles. The van der Waals surface area contributed by atoms with Crippen molar-refractivity contribution in [2.24, 2.45) is 0 Å². The van der Waals surface area contributed by atoms with Crippen molar-refractivity contribution in [2.75, 3.05) is 0 Å². The van der Waals surface area contributed by atoms with Gasteiger partial charge in [0.1, 0.15) is 11.4 Å². The van der Waals surface area contributed by atoms with E-state index < -0.39 is 11.9 Å². The molecule has 0 aliphatic carbocycles. The fourth-order valence-corrected chi connectivity index (χ4v) is 1.79. The number of hydrogen-bond donors (Lipinski definition) is 2. The van der Waals surface area contributed by atoms with E-state index in [0.29, 0.717) is 5.02 Å². The number of aromatic carboxylic acids is 1. The summed E-state index contributed by atoms with van der Waals surface area (Å²) < 4.78 is 0. The van der Waals surface area contributed by atoms with Crippen LogP contribution in [0.15, 0.2) is 42.5 Å². The van der Waals surface area contributed by atoms with Crippen molar-refractivity contribution in [3.8, 4) is 0 Å². The number of nitrogens with zero attached hydrogens (tertiary/aromatic N) is 1. The van der Waals surface area contributed by atoms with E-state index in [1.54, 1.807) is 18.2 Å². The van der Waals surface area contributed by atoms with Gasteiger partial charge in [0, 0.05) is 11.6 Å². The molecule has 0 radical (unpaired) electrons. The highest BCUT2D eigenvalue weighted by Crippen LogP contribution is 2.14. The molecule has 2 rings (SSSR count). The van der Waals surface area contributed by atoms with Crippen LogP contribution in [0, 0.1) is 0 Å². The zero-order valence-electron chi connectivity index (χ0n) is 10.3. The molecule has 0 fully saturated rings. The van der Waals surface area contributed by atoms with Crippen LogP contribution >= 0.6 is 11.6 Å². The van der Waals surface area contributed by atoms with Gasteiger partial charge in [-0.2, -0.15) is 0 Å². The molecule has 1 aromatic heterocycles. The average Bonchev–Trinajstić information content (AvgIpc) is 2.46. The Labute approximate surface area is 120 Å². The fourth-order valence-electron chi connectivity index (χ4n) is 1.59. The van der Waals surface area contributed by atoms with E-state index in [2.05, 4.69) is 10.3 Å². The number of carbonyl (C=O) groups excluding carboxylic acids is 1. The Morgan fingerprint density at radius 2 is 1.80 bits per heavy atom. The average molecular weight is 291 g/mol. The number of hydrogen-bond acceptors (Lipinski definition) is 3. The Hall–Kier alpha value is -2.40. The monoisotopic (exact) mass is 290 g/mol. The molecule has 5 nitrogen and oxygen atoms in total. The zero-order chi connectivity index (χ0) is 14.5. The van der Waals surface area contributed by atoms with Crippen LogP contribution < -0.4 is 5.32 Å². The quantitative estimate of drug-likeness (QED) is 0.906. The van der Waals surface area contributed by atoms with E-state index in [-0.39, 0.29) is 17.9 Å². The molecule has 1 heterocycles. The Morgan fingerprint density at radius 3 is 2.50 bits per heavy atom. The summed E-state index contributed by atoms with van der Waals surface area (Å²) in [5, 5.41) is 12.0. The molecule has 0 aliphatic heterocycles. The number of amides is 1. The number of carbonyl (C=O) groups is 2. The van der Waals surface area contributed by atoms with E-state index in [0.717, 1.165) is 5.56 Å². The first kappa shape index (κ1) is 14.0. The molecule has 0 bridgehead atoms. The number of benzene rings is 1. The SMILES string of the molecule is O=C(O)c1cccc(C(=O)NCc2ccccc2Cl)n1. The summed E-state index contributed by atoms with van der Waals surface area (Å²) in [5.74, 6) is -1.63. The Kier molecular flexibility index (Phi) is 4.32. The van der Waals surface area contributed by atoms with Gasteiger partial charge in [-0.05, 0) is 23.8 Å². The summed E-state index contributed by atoms with van der Waals surface area (Å²) in [4.78, 5) is 26.4. The number of carboxylic acid groups (broad SMARTS) is 1. The predicted molar refractivity (Wildman–Crippen MR) is 73.8 cm³/mol. The maximum Gasteiger partial charge on any atom is 0.354 e. The first-order valence-corrected chi connectivity index (χ1v) is 6.17. The minimum absolute atomic E-state index is 0.0527. The molecule has 0 unspecified atom stereocenters. The van der Waals surface area contributed by atoms with Crippen molar-refractivity contribution < 1.29 is 14.7 Å². The lowest BCUT2D eigenvalue weighted by atomic mass is 10.2. The Bertz CT molecular complexity index is 658. The fraction of sp³-hybridized carbons (Fsp3) is 0.0714. The van der Waals surface area contributed by atoms with E-state index in [9.17, 15) is 9.59 Å². The van der Waals surface area contributed by atoms with Gasteiger partial charge in [0.2, 0.25) is 0 Å². The molecule has 20 heavy (non-hydrogen) atoms. The predicted octanol–water partition coefficient (Wildman–Crippen LogP) is 2.36. The Morgan fingerprint density at radius 1 is 1.10 bits per heavy atom. The third-order valence-corrected chi connectivity index (χ3v) is 2.97. The lowest BCUT2D eigenvalue weighted by Crippen LogP contribution is -2.24. The molecule has 1 amide bonds. The molecule has 102 valence electrons. The summed E-state index contributed by atoms with van der Waals surface area (Å²) in [6.07, 6.45) is 0. The molecule has 0 aliphatic rings. The maximum atomic E-state index is 11.9. The number of nitrogens with one attached hydrogen (secondary N) is 1. The lowest BCUT2D eigenvalue weighted by molar-refractivity contribution is 0.0690. The summed E-state index contributed by atoms with van der Waals surface area (Å²) in [5.41, 5.74) is 0.657. The van der Waals surface area contributed by atoms with Gasteiger partial charge in [-0.3, -0.25) is 4.79 Å². The van der Waals surface area contributed by atoms with Gasteiger partial charge in [-0.15, -0.1) is 0 Å². The van der Waals surface area contributed by atoms with Gasteiger partial charge < -0.3 is 10.4 Å². The van der Waals surface area contributed by atoms with E-state index in [1.807, 2.05) is 6.07 Å². The van der Waals surface area contributed by atoms with Crippen molar-refractivity contribution in [2.45, 2.75) is 6.54 Å². The largest absolute Gasteiger partial charge is 0.477 e. The van der Waals surface area contributed by atoms with Gasteiger partial charge in [0.05, 0.1) is 0 Å². The number of carboxylic acids is 1. The molecule has 0 spiro atoms. The Balaban J connectivity index is 2.07. The van der Waals surface area contributed by atoms with Crippen molar-refractivity contribution in [1.29, 1.82) is 0 Å². The highest BCUT2D eigenvalue weighted by molar-refractivity contribution is 6.31. The highest BCUT2D eigenvalue weighted by Gasteiger charge is 2.11.